The third-order valence-corrected chi connectivity index (χ3v) is 4.79. The van der Waals surface area contributed by atoms with Gasteiger partial charge in [0.1, 0.15) is 5.82 Å². The molecule has 1 aliphatic heterocycles. The second-order valence-corrected chi connectivity index (χ2v) is 6.32. The maximum absolute atomic E-state index is 6.06. The van der Waals surface area contributed by atoms with Crippen LogP contribution in [-0.4, -0.2) is 41.1 Å². The Hall–Kier alpha value is -1.98. The van der Waals surface area contributed by atoms with Crippen LogP contribution in [0, 0.1) is 0 Å². The van der Waals surface area contributed by atoms with Gasteiger partial charge in [-0.2, -0.15) is 0 Å². The predicted molar refractivity (Wildman–Crippen MR) is 94.8 cm³/mol. The number of rotatable bonds is 2. The van der Waals surface area contributed by atoms with Crippen LogP contribution in [0.5, 0.6) is 0 Å². The van der Waals surface area contributed by atoms with E-state index in [2.05, 4.69) is 24.8 Å². The van der Waals surface area contributed by atoms with Crippen molar-refractivity contribution >= 4 is 46.0 Å². The number of fused-ring (bicyclic) bond motifs is 1. The van der Waals surface area contributed by atoms with Crippen LogP contribution in [0.2, 0.25) is 10.0 Å². The summed E-state index contributed by atoms with van der Waals surface area (Å²) >= 11 is 12.1. The van der Waals surface area contributed by atoms with Gasteiger partial charge in [0, 0.05) is 32.4 Å². The summed E-state index contributed by atoms with van der Waals surface area (Å²) in [6.07, 6.45) is 1.83. The van der Waals surface area contributed by atoms with Gasteiger partial charge in [-0.1, -0.05) is 29.3 Å². The molecule has 1 saturated heterocycles. The van der Waals surface area contributed by atoms with Crippen LogP contribution in [0.1, 0.15) is 0 Å². The first kappa shape index (κ1) is 14.6. The van der Waals surface area contributed by atoms with Gasteiger partial charge in [-0.05, 0) is 24.3 Å². The van der Waals surface area contributed by atoms with Crippen LogP contribution in [0.4, 0.5) is 11.8 Å². The number of hydrogen-bond acceptors (Lipinski definition) is 4. The molecule has 0 aliphatic carbocycles. The van der Waals surface area contributed by atoms with Gasteiger partial charge in [-0.3, -0.25) is 0 Å². The van der Waals surface area contributed by atoms with Crippen LogP contribution in [0.3, 0.4) is 0 Å². The zero-order valence-corrected chi connectivity index (χ0v) is 13.8. The van der Waals surface area contributed by atoms with Gasteiger partial charge in [0.05, 0.1) is 21.1 Å². The Balaban J connectivity index is 1.52. The molecule has 1 aromatic carbocycles. The minimum Gasteiger partial charge on any atom is -0.353 e. The Bertz CT molecular complexity index is 786. The molecule has 118 valence electrons. The molecule has 3 heterocycles. The van der Waals surface area contributed by atoms with E-state index < -0.39 is 0 Å². The smallest absolute Gasteiger partial charge is 0.203 e. The Kier molecular flexibility index (Phi) is 3.75. The van der Waals surface area contributed by atoms with Crippen LogP contribution >= 0.6 is 23.2 Å². The molecule has 0 atom stereocenters. The molecule has 1 fully saturated rings. The van der Waals surface area contributed by atoms with Crippen LogP contribution in [-0.2, 0) is 0 Å². The third-order valence-electron chi connectivity index (χ3n) is 4.06. The second kappa shape index (κ2) is 5.91. The highest BCUT2D eigenvalue weighted by Gasteiger charge is 2.20. The van der Waals surface area contributed by atoms with E-state index in [0.717, 1.165) is 49.0 Å². The number of nitrogens with one attached hydrogen (secondary N) is 1. The summed E-state index contributed by atoms with van der Waals surface area (Å²) in [6.45, 7) is 3.60. The summed E-state index contributed by atoms with van der Waals surface area (Å²) in [5, 5.41) is 1.06. The maximum atomic E-state index is 6.06. The molecule has 0 spiro atoms. The number of H-pyrrole nitrogens is 1. The van der Waals surface area contributed by atoms with Gasteiger partial charge in [-0.15, -0.1) is 0 Å². The number of anilines is 2. The van der Waals surface area contributed by atoms with Crippen LogP contribution < -0.4 is 9.80 Å². The highest BCUT2D eigenvalue weighted by molar-refractivity contribution is 6.42. The predicted octanol–water partition coefficient (Wildman–Crippen LogP) is 3.59. The van der Waals surface area contributed by atoms with E-state index in [4.69, 9.17) is 23.2 Å². The standard InChI is InChI=1S/C16H15Cl2N5/c17-11-9-13-14(10-12(11)18)21-16(20-13)23-7-5-22(6-8-23)15-3-1-2-4-19-15/h1-4,9-10H,5-8H2,(H,20,21). The molecule has 23 heavy (non-hydrogen) atoms. The zero-order chi connectivity index (χ0) is 15.8. The van der Waals surface area contributed by atoms with E-state index in [1.807, 2.05) is 30.5 Å². The lowest BCUT2D eigenvalue weighted by Crippen LogP contribution is -2.47. The van der Waals surface area contributed by atoms with Crippen LogP contribution in [0.25, 0.3) is 11.0 Å². The number of hydrogen-bond donors (Lipinski definition) is 1. The van der Waals surface area contributed by atoms with Crippen molar-refractivity contribution in [2.75, 3.05) is 36.0 Å². The molecule has 5 nitrogen and oxygen atoms in total. The molecule has 0 amide bonds. The van der Waals surface area contributed by atoms with Gasteiger partial charge in [0.2, 0.25) is 5.95 Å². The number of nitrogens with zero attached hydrogens (tertiary/aromatic N) is 4. The number of aromatic nitrogens is 3. The first-order valence-corrected chi connectivity index (χ1v) is 8.22. The number of halogens is 2. The monoisotopic (exact) mass is 347 g/mol. The lowest BCUT2D eigenvalue weighted by Gasteiger charge is -2.35. The van der Waals surface area contributed by atoms with Gasteiger partial charge in [-0.25, -0.2) is 9.97 Å². The lowest BCUT2D eigenvalue weighted by atomic mass is 10.3. The van der Waals surface area contributed by atoms with Crippen LogP contribution in [0.15, 0.2) is 36.5 Å². The summed E-state index contributed by atoms with van der Waals surface area (Å²) in [5.74, 6) is 1.88. The second-order valence-electron chi connectivity index (χ2n) is 5.51. The van der Waals surface area contributed by atoms with E-state index in [0.29, 0.717) is 10.0 Å². The van der Waals surface area contributed by atoms with Crippen molar-refractivity contribution in [1.82, 2.24) is 15.0 Å². The Morgan fingerprint density at radius 2 is 1.70 bits per heavy atom. The van der Waals surface area contributed by atoms with E-state index in [1.54, 1.807) is 6.07 Å². The molecule has 0 radical (unpaired) electrons. The molecule has 2 aromatic heterocycles. The van der Waals surface area contributed by atoms with E-state index in [9.17, 15) is 0 Å². The molecule has 4 rings (SSSR count). The fraction of sp³-hybridized carbons (Fsp3) is 0.250. The molecule has 1 aliphatic rings. The number of aromatic amines is 1. The third kappa shape index (κ3) is 2.82. The van der Waals surface area contributed by atoms with Crippen molar-refractivity contribution in [3.05, 3.63) is 46.6 Å². The van der Waals surface area contributed by atoms with E-state index >= 15 is 0 Å². The Morgan fingerprint density at radius 1 is 0.957 bits per heavy atom. The minimum atomic E-state index is 0.525. The quantitative estimate of drug-likeness (QED) is 0.769. The van der Waals surface area contributed by atoms with Gasteiger partial charge in [0.15, 0.2) is 0 Å². The summed E-state index contributed by atoms with van der Waals surface area (Å²) in [6, 6.07) is 9.61. The molecule has 3 aromatic rings. The molecular weight excluding hydrogens is 333 g/mol. The fourth-order valence-corrected chi connectivity index (χ4v) is 3.15. The molecule has 0 bridgehead atoms. The highest BCUT2D eigenvalue weighted by Crippen LogP contribution is 2.28. The molecule has 7 heteroatoms. The Morgan fingerprint density at radius 3 is 2.43 bits per heavy atom. The highest BCUT2D eigenvalue weighted by atomic mass is 35.5. The number of imidazole rings is 1. The van der Waals surface area contributed by atoms with E-state index in [1.165, 1.54) is 0 Å². The summed E-state index contributed by atoms with van der Waals surface area (Å²) in [7, 11) is 0. The first-order chi connectivity index (χ1) is 11.2. The minimum absolute atomic E-state index is 0.525. The maximum Gasteiger partial charge on any atom is 0.203 e. The number of piperazine rings is 1. The van der Waals surface area contributed by atoms with Crippen molar-refractivity contribution in [1.29, 1.82) is 0 Å². The van der Waals surface area contributed by atoms with E-state index in [-0.39, 0.29) is 0 Å². The van der Waals surface area contributed by atoms with Gasteiger partial charge in [0.25, 0.3) is 0 Å². The van der Waals surface area contributed by atoms with Crippen molar-refractivity contribution in [2.45, 2.75) is 0 Å². The van der Waals surface area contributed by atoms with Gasteiger partial charge < -0.3 is 14.8 Å². The summed E-state index contributed by atoms with van der Waals surface area (Å²) in [4.78, 5) is 16.9. The largest absolute Gasteiger partial charge is 0.353 e. The lowest BCUT2D eigenvalue weighted by molar-refractivity contribution is 0.638. The number of benzene rings is 1. The van der Waals surface area contributed by atoms with Gasteiger partial charge >= 0.3 is 0 Å². The Labute approximate surface area is 143 Å². The SMILES string of the molecule is Clc1cc2nc(N3CCN(c4ccccn4)CC3)[nH]c2cc1Cl. The van der Waals surface area contributed by atoms with Crippen molar-refractivity contribution < 1.29 is 0 Å². The summed E-state index contributed by atoms with van der Waals surface area (Å²) < 4.78 is 0. The summed E-state index contributed by atoms with van der Waals surface area (Å²) in [5.41, 5.74) is 1.74. The fourth-order valence-electron chi connectivity index (χ4n) is 2.83. The van der Waals surface area contributed by atoms with Crippen molar-refractivity contribution in [3.8, 4) is 0 Å². The average molecular weight is 348 g/mol. The van der Waals surface area contributed by atoms with Crippen molar-refractivity contribution in [2.24, 2.45) is 0 Å². The number of pyridine rings is 1. The zero-order valence-electron chi connectivity index (χ0n) is 12.3. The normalized spacial score (nSPS) is 15.4. The topological polar surface area (TPSA) is 48.1 Å². The molecule has 0 saturated carbocycles. The molecule has 1 N–H and O–H groups in total. The molecule has 0 unspecified atom stereocenters. The van der Waals surface area contributed by atoms with Crippen molar-refractivity contribution in [3.63, 3.8) is 0 Å². The molecular formula is C16H15Cl2N5. The first-order valence-electron chi connectivity index (χ1n) is 7.46. The average Bonchev–Trinajstić information content (AvgIpc) is 2.99.